The highest BCUT2D eigenvalue weighted by Gasteiger charge is 2.31. The van der Waals surface area contributed by atoms with E-state index in [0.29, 0.717) is 6.04 Å². The summed E-state index contributed by atoms with van der Waals surface area (Å²) in [4.78, 5) is 13.8. The molecular weight excluding hydrogens is 262 g/mol. The Balaban J connectivity index is 1.62. The van der Waals surface area contributed by atoms with Crippen molar-refractivity contribution < 1.29 is 4.79 Å². The lowest BCUT2D eigenvalue weighted by atomic mass is 9.97. The van der Waals surface area contributed by atoms with Gasteiger partial charge in [0.2, 0.25) is 5.91 Å². The third-order valence-corrected chi connectivity index (χ3v) is 4.73. The number of piperidine rings is 1. The van der Waals surface area contributed by atoms with Crippen molar-refractivity contribution in [2.45, 2.75) is 51.6 Å². The molecular formula is C17H25N3O. The van der Waals surface area contributed by atoms with Gasteiger partial charge < -0.3 is 15.5 Å². The van der Waals surface area contributed by atoms with E-state index in [-0.39, 0.29) is 5.91 Å². The number of carbonyl (C=O) groups excluding carboxylic acids is 1. The zero-order valence-electron chi connectivity index (χ0n) is 13.0. The number of rotatable bonds is 3. The van der Waals surface area contributed by atoms with Crippen molar-refractivity contribution in [2.75, 3.05) is 23.7 Å². The van der Waals surface area contributed by atoms with Crippen LogP contribution in [0.4, 0.5) is 11.4 Å². The number of amides is 1. The summed E-state index contributed by atoms with van der Waals surface area (Å²) in [6.07, 6.45) is 5.20. The Morgan fingerprint density at radius 3 is 2.90 bits per heavy atom. The molecule has 4 heteroatoms. The molecule has 21 heavy (non-hydrogen) atoms. The van der Waals surface area contributed by atoms with Gasteiger partial charge in [-0.25, -0.2) is 0 Å². The van der Waals surface area contributed by atoms with Crippen LogP contribution in [0.1, 0.15) is 38.2 Å². The first kappa shape index (κ1) is 14.4. The van der Waals surface area contributed by atoms with Gasteiger partial charge in [0.1, 0.15) is 0 Å². The second-order valence-electron chi connectivity index (χ2n) is 6.41. The Bertz CT molecular complexity index is 529. The summed E-state index contributed by atoms with van der Waals surface area (Å²) >= 11 is 0. The minimum Gasteiger partial charge on any atom is -0.382 e. The summed E-state index contributed by atoms with van der Waals surface area (Å²) in [5.74, 6) is -0.0209. The molecule has 114 valence electrons. The van der Waals surface area contributed by atoms with Gasteiger partial charge >= 0.3 is 0 Å². The molecule has 1 aromatic rings. The zero-order chi connectivity index (χ0) is 14.8. The largest absolute Gasteiger partial charge is 0.382 e. The number of benzene rings is 1. The van der Waals surface area contributed by atoms with Crippen molar-refractivity contribution in [3.05, 3.63) is 23.8 Å². The molecule has 2 saturated heterocycles. The predicted molar refractivity (Wildman–Crippen MR) is 86.7 cm³/mol. The third-order valence-electron chi connectivity index (χ3n) is 4.73. The van der Waals surface area contributed by atoms with Gasteiger partial charge in [-0.2, -0.15) is 0 Å². The molecule has 2 fully saturated rings. The van der Waals surface area contributed by atoms with Crippen molar-refractivity contribution >= 4 is 17.3 Å². The SMILES string of the molecule is CC(=O)Nc1ccc(NC2CCN3CCCC3C2)cc1C. The molecule has 1 aromatic carbocycles. The van der Waals surface area contributed by atoms with E-state index in [2.05, 4.69) is 27.7 Å². The van der Waals surface area contributed by atoms with Crippen molar-refractivity contribution in [2.24, 2.45) is 0 Å². The molecule has 2 aliphatic rings. The Hall–Kier alpha value is -1.55. The lowest BCUT2D eigenvalue weighted by Crippen LogP contribution is -2.42. The molecule has 2 aliphatic heterocycles. The molecule has 2 unspecified atom stereocenters. The highest BCUT2D eigenvalue weighted by atomic mass is 16.1. The Morgan fingerprint density at radius 1 is 1.29 bits per heavy atom. The number of aryl methyl sites for hydroxylation is 1. The van der Waals surface area contributed by atoms with Crippen molar-refractivity contribution in [3.63, 3.8) is 0 Å². The maximum absolute atomic E-state index is 11.1. The van der Waals surface area contributed by atoms with E-state index in [9.17, 15) is 4.79 Å². The Labute approximate surface area is 126 Å². The smallest absolute Gasteiger partial charge is 0.221 e. The molecule has 4 nitrogen and oxygen atoms in total. The van der Waals surface area contributed by atoms with Crippen molar-refractivity contribution in [3.8, 4) is 0 Å². The summed E-state index contributed by atoms with van der Waals surface area (Å²) in [7, 11) is 0. The molecule has 1 amide bonds. The maximum Gasteiger partial charge on any atom is 0.221 e. The summed E-state index contributed by atoms with van der Waals surface area (Å²) < 4.78 is 0. The van der Waals surface area contributed by atoms with Crippen LogP contribution in [0.2, 0.25) is 0 Å². The fraction of sp³-hybridized carbons (Fsp3) is 0.588. The summed E-state index contributed by atoms with van der Waals surface area (Å²) in [6.45, 7) is 6.10. The zero-order valence-corrected chi connectivity index (χ0v) is 13.0. The van der Waals surface area contributed by atoms with E-state index in [0.717, 1.165) is 23.0 Å². The minimum atomic E-state index is -0.0209. The van der Waals surface area contributed by atoms with Gasteiger partial charge in [-0.1, -0.05) is 0 Å². The average Bonchev–Trinajstić information content (AvgIpc) is 2.89. The van der Waals surface area contributed by atoms with Crippen LogP contribution < -0.4 is 10.6 Å². The molecule has 0 radical (unpaired) electrons. The topological polar surface area (TPSA) is 44.4 Å². The van der Waals surface area contributed by atoms with Crippen LogP contribution in [0.5, 0.6) is 0 Å². The van der Waals surface area contributed by atoms with Gasteiger partial charge in [-0.15, -0.1) is 0 Å². The van der Waals surface area contributed by atoms with Crippen LogP contribution in [-0.2, 0) is 4.79 Å². The maximum atomic E-state index is 11.1. The molecule has 3 rings (SSSR count). The molecule has 0 spiro atoms. The lowest BCUT2D eigenvalue weighted by molar-refractivity contribution is -0.114. The van der Waals surface area contributed by atoms with Gasteiger partial charge in [0, 0.05) is 36.9 Å². The Kier molecular flexibility index (Phi) is 4.15. The number of anilines is 2. The monoisotopic (exact) mass is 287 g/mol. The minimum absolute atomic E-state index is 0.0209. The van der Waals surface area contributed by atoms with Crippen LogP contribution in [0.3, 0.4) is 0 Å². The van der Waals surface area contributed by atoms with Crippen LogP contribution in [0, 0.1) is 6.92 Å². The highest BCUT2D eigenvalue weighted by Crippen LogP contribution is 2.29. The van der Waals surface area contributed by atoms with Crippen molar-refractivity contribution in [1.82, 2.24) is 4.90 Å². The second-order valence-corrected chi connectivity index (χ2v) is 6.41. The molecule has 0 saturated carbocycles. The standard InChI is InChI=1S/C17H25N3O/c1-12-10-14(5-6-17(12)18-13(2)21)19-15-7-9-20-8-3-4-16(20)11-15/h5-6,10,15-16,19H,3-4,7-9,11H2,1-2H3,(H,18,21). The van der Waals surface area contributed by atoms with Crippen LogP contribution in [0.25, 0.3) is 0 Å². The van der Waals surface area contributed by atoms with Gasteiger partial charge in [0.15, 0.2) is 0 Å². The summed E-state index contributed by atoms with van der Waals surface area (Å²) in [5, 5.41) is 6.54. The molecule has 0 aromatic heterocycles. The normalized spacial score (nSPS) is 25.4. The number of fused-ring (bicyclic) bond motifs is 1. The fourth-order valence-corrected chi connectivity index (χ4v) is 3.67. The average molecular weight is 287 g/mol. The van der Waals surface area contributed by atoms with E-state index in [1.54, 1.807) is 6.92 Å². The molecule has 2 heterocycles. The number of hydrogen-bond donors (Lipinski definition) is 2. The van der Waals surface area contributed by atoms with Gasteiger partial charge in [0.25, 0.3) is 0 Å². The first-order valence-electron chi connectivity index (χ1n) is 8.00. The van der Waals surface area contributed by atoms with Gasteiger partial charge in [-0.3, -0.25) is 4.79 Å². The molecule has 0 bridgehead atoms. The van der Waals surface area contributed by atoms with Crippen molar-refractivity contribution in [1.29, 1.82) is 0 Å². The summed E-state index contributed by atoms with van der Waals surface area (Å²) in [5.41, 5.74) is 3.17. The fourth-order valence-electron chi connectivity index (χ4n) is 3.67. The van der Waals surface area contributed by atoms with Crippen LogP contribution in [0.15, 0.2) is 18.2 Å². The number of nitrogens with zero attached hydrogens (tertiary/aromatic N) is 1. The number of nitrogens with one attached hydrogen (secondary N) is 2. The van der Waals surface area contributed by atoms with Crippen LogP contribution >= 0.6 is 0 Å². The van der Waals surface area contributed by atoms with Gasteiger partial charge in [0.05, 0.1) is 0 Å². The highest BCUT2D eigenvalue weighted by molar-refractivity contribution is 5.89. The van der Waals surface area contributed by atoms with Crippen LogP contribution in [-0.4, -0.2) is 36.0 Å². The quantitative estimate of drug-likeness (QED) is 0.898. The second kappa shape index (κ2) is 6.06. The van der Waals surface area contributed by atoms with Gasteiger partial charge in [-0.05, 0) is 62.9 Å². The third kappa shape index (κ3) is 3.38. The number of hydrogen-bond acceptors (Lipinski definition) is 3. The van der Waals surface area contributed by atoms with E-state index in [4.69, 9.17) is 0 Å². The molecule has 2 atom stereocenters. The first-order chi connectivity index (χ1) is 10.1. The number of carbonyl (C=O) groups is 1. The first-order valence-corrected chi connectivity index (χ1v) is 8.00. The molecule has 2 N–H and O–H groups in total. The van der Waals surface area contributed by atoms with E-state index in [1.807, 2.05) is 13.0 Å². The van der Waals surface area contributed by atoms with E-state index >= 15 is 0 Å². The summed E-state index contributed by atoms with van der Waals surface area (Å²) in [6, 6.07) is 7.56. The van der Waals surface area contributed by atoms with E-state index < -0.39 is 0 Å². The van der Waals surface area contributed by atoms with E-state index in [1.165, 1.54) is 38.8 Å². The predicted octanol–water partition coefficient (Wildman–Crippen LogP) is 2.99. The Morgan fingerprint density at radius 2 is 2.14 bits per heavy atom. The lowest BCUT2D eigenvalue weighted by Gasteiger charge is -2.35. The molecule has 0 aliphatic carbocycles.